The number of anilines is 2. The Morgan fingerprint density at radius 3 is 2.36 bits per heavy atom. The number of aryl methyl sites for hydroxylation is 1. The first-order chi connectivity index (χ1) is 21.6. The summed E-state index contributed by atoms with van der Waals surface area (Å²) in [6.07, 6.45) is 5.97. The number of halogens is 2. The quantitative estimate of drug-likeness (QED) is 0.210. The van der Waals surface area contributed by atoms with Crippen molar-refractivity contribution in [3.05, 3.63) is 89.5 Å². The lowest BCUT2D eigenvalue weighted by molar-refractivity contribution is -0.163. The van der Waals surface area contributed by atoms with E-state index in [4.69, 9.17) is 5.11 Å². The first kappa shape index (κ1) is 31.2. The number of urea groups is 1. The van der Waals surface area contributed by atoms with Gasteiger partial charge in [-0.15, -0.1) is 10.2 Å². The highest BCUT2D eigenvalue weighted by Crippen LogP contribution is 2.34. The molecule has 1 fully saturated rings. The number of hydrogen-bond acceptors (Lipinski definition) is 6. The first-order valence-electron chi connectivity index (χ1n) is 14.6. The summed E-state index contributed by atoms with van der Waals surface area (Å²) in [4.78, 5) is 39.7. The number of alkyl halides is 2. The van der Waals surface area contributed by atoms with Crippen LogP contribution in [0, 0.1) is 0 Å². The highest BCUT2D eigenvalue weighted by Gasteiger charge is 2.39. The van der Waals surface area contributed by atoms with E-state index in [1.807, 2.05) is 23.5 Å². The molecule has 13 heteroatoms. The third-order valence-electron chi connectivity index (χ3n) is 7.75. The molecule has 3 amide bonds. The highest BCUT2D eigenvalue weighted by molar-refractivity contribution is 6.02. The molecule has 45 heavy (non-hydrogen) atoms. The van der Waals surface area contributed by atoms with E-state index in [1.54, 1.807) is 42.3 Å². The Bertz CT molecular complexity index is 1650. The highest BCUT2D eigenvalue weighted by atomic mass is 19.3. The maximum atomic E-state index is 13.7. The molecular formula is C32H33F2N7O4. The van der Waals surface area contributed by atoms with E-state index in [0.717, 1.165) is 12.8 Å². The van der Waals surface area contributed by atoms with Crippen molar-refractivity contribution in [3.63, 3.8) is 0 Å². The standard InChI is InChI=1S/C32H33F2N7O4/c1-40-38-28(37-39-40)25-8-5-9-26(18-25)36-31(45)41(27-16-14-23(15-17-27)22-6-3-2-4-7-22)19-21-10-12-24(13-11-21)29(42)35-20-32(33,34)30(43)44/h5,8-18,22H,2-4,6-7,19-20H2,1H3,(H,35,42)(H,36,45)(H,43,44). The zero-order chi connectivity index (χ0) is 32.0. The fraction of sp³-hybridized carbons (Fsp3) is 0.312. The number of nitrogens with one attached hydrogen (secondary N) is 2. The molecule has 4 aromatic rings. The third kappa shape index (κ3) is 7.85. The molecule has 1 aromatic heterocycles. The van der Waals surface area contributed by atoms with Gasteiger partial charge in [0.1, 0.15) is 0 Å². The molecule has 1 aliphatic carbocycles. The maximum absolute atomic E-state index is 13.7. The maximum Gasteiger partial charge on any atom is 0.376 e. The van der Waals surface area contributed by atoms with E-state index in [-0.39, 0.29) is 12.1 Å². The van der Waals surface area contributed by atoms with Crippen molar-refractivity contribution >= 4 is 29.3 Å². The van der Waals surface area contributed by atoms with Crippen LogP contribution in [0.15, 0.2) is 72.8 Å². The van der Waals surface area contributed by atoms with Crippen LogP contribution in [0.5, 0.6) is 0 Å². The van der Waals surface area contributed by atoms with Gasteiger partial charge in [-0.05, 0) is 71.5 Å². The summed E-state index contributed by atoms with van der Waals surface area (Å²) in [5, 5.41) is 25.6. The Morgan fingerprint density at radius 1 is 1.00 bits per heavy atom. The summed E-state index contributed by atoms with van der Waals surface area (Å²) >= 11 is 0. The summed E-state index contributed by atoms with van der Waals surface area (Å²) in [5.41, 5.74) is 3.86. The van der Waals surface area contributed by atoms with Gasteiger partial charge < -0.3 is 15.7 Å². The van der Waals surface area contributed by atoms with Crippen LogP contribution in [-0.2, 0) is 18.4 Å². The molecule has 0 spiro atoms. The summed E-state index contributed by atoms with van der Waals surface area (Å²) in [7, 11) is 1.66. The second-order valence-electron chi connectivity index (χ2n) is 11.0. The minimum atomic E-state index is -4.08. The van der Waals surface area contributed by atoms with Gasteiger partial charge in [-0.2, -0.15) is 13.6 Å². The molecule has 1 aliphatic rings. The zero-order valence-corrected chi connectivity index (χ0v) is 24.6. The van der Waals surface area contributed by atoms with Crippen LogP contribution in [-0.4, -0.2) is 55.7 Å². The van der Waals surface area contributed by atoms with E-state index in [2.05, 4.69) is 32.9 Å². The lowest BCUT2D eigenvalue weighted by Gasteiger charge is -2.26. The lowest BCUT2D eigenvalue weighted by Crippen LogP contribution is -2.42. The number of aliphatic carboxylic acids is 1. The van der Waals surface area contributed by atoms with Crippen LogP contribution >= 0.6 is 0 Å². The molecule has 1 heterocycles. The molecular weight excluding hydrogens is 584 g/mol. The molecule has 0 aliphatic heterocycles. The van der Waals surface area contributed by atoms with Gasteiger partial charge in [0, 0.05) is 22.5 Å². The summed E-state index contributed by atoms with van der Waals surface area (Å²) in [5.74, 6) is -6.32. The van der Waals surface area contributed by atoms with Crippen molar-refractivity contribution in [2.75, 3.05) is 16.8 Å². The van der Waals surface area contributed by atoms with Gasteiger partial charge >= 0.3 is 17.9 Å². The van der Waals surface area contributed by atoms with Crippen molar-refractivity contribution in [1.82, 2.24) is 25.5 Å². The van der Waals surface area contributed by atoms with Gasteiger partial charge in [-0.3, -0.25) is 9.69 Å². The number of hydrogen-bond donors (Lipinski definition) is 3. The van der Waals surface area contributed by atoms with E-state index in [1.165, 1.54) is 41.8 Å². The van der Waals surface area contributed by atoms with Gasteiger partial charge in [0.05, 0.1) is 20.1 Å². The molecule has 0 atom stereocenters. The average molecular weight is 618 g/mol. The number of carbonyl (C=O) groups excluding carboxylic acids is 2. The number of rotatable bonds is 10. The molecule has 11 nitrogen and oxygen atoms in total. The predicted molar refractivity (Wildman–Crippen MR) is 163 cm³/mol. The van der Waals surface area contributed by atoms with Gasteiger partial charge in [-0.1, -0.05) is 55.7 Å². The predicted octanol–water partition coefficient (Wildman–Crippen LogP) is 5.61. The Kier molecular flexibility index (Phi) is 9.45. The minimum absolute atomic E-state index is 0.0715. The van der Waals surface area contributed by atoms with E-state index >= 15 is 0 Å². The lowest BCUT2D eigenvalue weighted by atomic mass is 9.84. The largest absolute Gasteiger partial charge is 0.477 e. The van der Waals surface area contributed by atoms with Crippen LogP contribution in [0.4, 0.5) is 25.0 Å². The average Bonchev–Trinajstić information content (AvgIpc) is 3.49. The Morgan fingerprint density at radius 2 is 1.71 bits per heavy atom. The summed E-state index contributed by atoms with van der Waals surface area (Å²) < 4.78 is 26.8. The van der Waals surface area contributed by atoms with E-state index < -0.39 is 30.4 Å². The number of carbonyl (C=O) groups is 3. The Hall–Kier alpha value is -5.20. The van der Waals surface area contributed by atoms with Crippen LogP contribution in [0.3, 0.4) is 0 Å². The van der Waals surface area contributed by atoms with Crippen molar-refractivity contribution < 1.29 is 28.3 Å². The van der Waals surface area contributed by atoms with E-state index in [9.17, 15) is 23.2 Å². The number of carboxylic acids is 1. The Labute approximate surface area is 258 Å². The summed E-state index contributed by atoms with van der Waals surface area (Å²) in [6.45, 7) is -1.19. The SMILES string of the molecule is Cn1nnc(-c2cccc(NC(=O)N(Cc3ccc(C(=O)NCC(F)(F)C(=O)O)cc3)c3ccc(C4CCCCC4)cc3)c2)n1. The van der Waals surface area contributed by atoms with E-state index in [0.29, 0.717) is 34.2 Å². The molecule has 3 aromatic carbocycles. The fourth-order valence-corrected chi connectivity index (χ4v) is 5.28. The van der Waals surface area contributed by atoms with Gasteiger partial charge in [-0.25, -0.2) is 9.59 Å². The molecule has 1 saturated carbocycles. The smallest absolute Gasteiger partial charge is 0.376 e. The molecule has 0 saturated heterocycles. The Balaban J connectivity index is 1.35. The fourth-order valence-electron chi connectivity index (χ4n) is 5.28. The number of aromatic nitrogens is 4. The van der Waals surface area contributed by atoms with Gasteiger partial charge in [0.15, 0.2) is 0 Å². The molecule has 0 unspecified atom stereocenters. The molecule has 3 N–H and O–H groups in total. The minimum Gasteiger partial charge on any atom is -0.477 e. The van der Waals surface area contributed by atoms with Crippen LogP contribution in [0.1, 0.15) is 59.5 Å². The van der Waals surface area contributed by atoms with Crippen molar-refractivity contribution in [3.8, 4) is 11.4 Å². The molecule has 234 valence electrons. The topological polar surface area (TPSA) is 142 Å². The van der Waals surface area contributed by atoms with Crippen LogP contribution in [0.25, 0.3) is 11.4 Å². The van der Waals surface area contributed by atoms with Crippen LogP contribution < -0.4 is 15.5 Å². The number of nitrogens with zero attached hydrogens (tertiary/aromatic N) is 5. The van der Waals surface area contributed by atoms with Gasteiger partial charge in [0.2, 0.25) is 5.82 Å². The van der Waals surface area contributed by atoms with Crippen molar-refractivity contribution in [2.24, 2.45) is 7.05 Å². The number of carboxylic acid groups (broad SMARTS) is 1. The van der Waals surface area contributed by atoms with Crippen LogP contribution in [0.2, 0.25) is 0 Å². The van der Waals surface area contributed by atoms with Gasteiger partial charge in [0.25, 0.3) is 5.91 Å². The van der Waals surface area contributed by atoms with Crippen molar-refractivity contribution in [2.45, 2.75) is 50.5 Å². The molecule has 0 radical (unpaired) electrons. The molecule has 5 rings (SSSR count). The number of amides is 3. The monoisotopic (exact) mass is 617 g/mol. The zero-order valence-electron chi connectivity index (χ0n) is 24.6. The van der Waals surface area contributed by atoms with Crippen molar-refractivity contribution in [1.29, 1.82) is 0 Å². The second-order valence-corrected chi connectivity index (χ2v) is 11.0. The number of benzene rings is 3. The summed E-state index contributed by atoms with van der Waals surface area (Å²) in [6, 6.07) is 20.8. The normalized spacial score (nSPS) is 13.7. The second kappa shape index (κ2) is 13.6. The molecule has 0 bridgehead atoms. The number of tetrazole rings is 1. The first-order valence-corrected chi connectivity index (χ1v) is 14.6. The third-order valence-corrected chi connectivity index (χ3v) is 7.75.